The van der Waals surface area contributed by atoms with Crippen LogP contribution in [0.3, 0.4) is 0 Å². The highest BCUT2D eigenvalue weighted by Crippen LogP contribution is 2.02. The number of aliphatic hydroxyl groups is 2. The Hall–Kier alpha value is -0.120. The molecule has 0 aromatic heterocycles. The van der Waals surface area contributed by atoms with Crippen LogP contribution in [-0.2, 0) is 4.74 Å². The zero-order valence-electron chi connectivity index (χ0n) is 8.54. The molecular formula is C10H22O3. The van der Waals surface area contributed by atoms with Gasteiger partial charge in [-0.1, -0.05) is 19.8 Å². The Morgan fingerprint density at radius 2 is 1.69 bits per heavy atom. The average Bonchev–Trinajstić information content (AvgIpc) is 2.09. The molecule has 0 aliphatic carbocycles. The van der Waals surface area contributed by atoms with Crippen LogP contribution < -0.4 is 0 Å². The van der Waals surface area contributed by atoms with E-state index in [1.165, 1.54) is 6.42 Å². The van der Waals surface area contributed by atoms with E-state index in [9.17, 15) is 0 Å². The summed E-state index contributed by atoms with van der Waals surface area (Å²) in [4.78, 5) is 0. The van der Waals surface area contributed by atoms with Crippen LogP contribution in [0.4, 0.5) is 0 Å². The predicted molar refractivity (Wildman–Crippen MR) is 52.4 cm³/mol. The third-order valence-corrected chi connectivity index (χ3v) is 1.89. The van der Waals surface area contributed by atoms with Crippen LogP contribution in [0.5, 0.6) is 0 Å². The first-order valence-corrected chi connectivity index (χ1v) is 5.21. The van der Waals surface area contributed by atoms with E-state index in [-0.39, 0.29) is 0 Å². The van der Waals surface area contributed by atoms with Gasteiger partial charge in [0.25, 0.3) is 0 Å². The molecule has 2 N–H and O–H groups in total. The number of ether oxygens (including phenoxy) is 1. The molecule has 0 aromatic carbocycles. The molecule has 3 heteroatoms. The molecular weight excluding hydrogens is 168 g/mol. The van der Waals surface area contributed by atoms with E-state index in [1.54, 1.807) is 0 Å². The number of hydrogen-bond acceptors (Lipinski definition) is 3. The molecule has 0 radical (unpaired) electrons. The minimum Gasteiger partial charge on any atom is -0.381 e. The van der Waals surface area contributed by atoms with E-state index in [0.717, 1.165) is 38.9 Å². The molecule has 0 rings (SSSR count). The van der Waals surface area contributed by atoms with E-state index in [2.05, 4.69) is 6.92 Å². The van der Waals surface area contributed by atoms with Crippen molar-refractivity contribution in [2.75, 3.05) is 13.2 Å². The van der Waals surface area contributed by atoms with Crippen molar-refractivity contribution in [2.45, 2.75) is 51.7 Å². The normalized spacial score (nSPS) is 11.1. The lowest BCUT2D eigenvalue weighted by Gasteiger charge is -2.04. The second-order valence-corrected chi connectivity index (χ2v) is 3.30. The maximum absolute atomic E-state index is 8.55. The molecule has 13 heavy (non-hydrogen) atoms. The molecule has 0 bridgehead atoms. The number of unbranched alkanes of at least 4 members (excludes halogenated alkanes) is 3. The van der Waals surface area contributed by atoms with Gasteiger partial charge in [0.15, 0.2) is 6.29 Å². The van der Waals surface area contributed by atoms with Gasteiger partial charge >= 0.3 is 0 Å². The molecule has 0 atom stereocenters. The number of aliphatic hydroxyl groups excluding tert-OH is 1. The van der Waals surface area contributed by atoms with Crippen molar-refractivity contribution >= 4 is 0 Å². The molecule has 0 unspecified atom stereocenters. The van der Waals surface area contributed by atoms with E-state index >= 15 is 0 Å². The number of hydrogen-bond donors (Lipinski definition) is 2. The minimum absolute atomic E-state index is 0.481. The highest BCUT2D eigenvalue weighted by atomic mass is 16.5. The van der Waals surface area contributed by atoms with Gasteiger partial charge in [0, 0.05) is 13.2 Å². The second-order valence-electron chi connectivity index (χ2n) is 3.30. The lowest BCUT2D eigenvalue weighted by atomic mass is 10.2. The van der Waals surface area contributed by atoms with Crippen molar-refractivity contribution in [3.63, 3.8) is 0 Å². The van der Waals surface area contributed by atoms with Crippen LogP contribution in [0.1, 0.15) is 45.4 Å². The van der Waals surface area contributed by atoms with Crippen molar-refractivity contribution in [3.8, 4) is 0 Å². The van der Waals surface area contributed by atoms with Crippen molar-refractivity contribution in [1.29, 1.82) is 0 Å². The lowest BCUT2D eigenvalue weighted by molar-refractivity contribution is -0.0468. The number of rotatable bonds is 9. The predicted octanol–water partition coefficient (Wildman–Crippen LogP) is 1.67. The quantitative estimate of drug-likeness (QED) is 0.429. The molecule has 0 fully saturated rings. The summed E-state index contributed by atoms with van der Waals surface area (Å²) >= 11 is 0. The van der Waals surface area contributed by atoms with Gasteiger partial charge in [0.05, 0.1) is 0 Å². The van der Waals surface area contributed by atoms with Crippen LogP contribution >= 0.6 is 0 Å². The van der Waals surface area contributed by atoms with Gasteiger partial charge < -0.3 is 14.9 Å². The van der Waals surface area contributed by atoms with Gasteiger partial charge in [-0.3, -0.25) is 0 Å². The van der Waals surface area contributed by atoms with Gasteiger partial charge in [-0.05, 0) is 25.7 Å². The molecule has 3 nitrogen and oxygen atoms in total. The molecule has 0 aromatic rings. The van der Waals surface area contributed by atoms with Gasteiger partial charge in [-0.25, -0.2) is 0 Å². The summed E-state index contributed by atoms with van der Waals surface area (Å²) in [5.41, 5.74) is 0. The van der Waals surface area contributed by atoms with E-state index in [0.29, 0.717) is 6.42 Å². The van der Waals surface area contributed by atoms with Gasteiger partial charge in [0.1, 0.15) is 0 Å². The van der Waals surface area contributed by atoms with E-state index < -0.39 is 6.29 Å². The second kappa shape index (κ2) is 9.96. The summed E-state index contributed by atoms with van der Waals surface area (Å²) in [6.45, 7) is 3.81. The maximum Gasteiger partial charge on any atom is 0.151 e. The smallest absolute Gasteiger partial charge is 0.151 e. The molecule has 0 saturated carbocycles. The van der Waals surface area contributed by atoms with Crippen LogP contribution in [0.25, 0.3) is 0 Å². The Kier molecular flexibility index (Phi) is 9.87. The Morgan fingerprint density at radius 3 is 2.31 bits per heavy atom. The molecule has 0 heterocycles. The average molecular weight is 190 g/mol. The molecule has 0 amide bonds. The highest BCUT2D eigenvalue weighted by Gasteiger charge is 1.96. The summed E-state index contributed by atoms with van der Waals surface area (Å²) in [5, 5.41) is 17.1. The van der Waals surface area contributed by atoms with Crippen LogP contribution in [0.2, 0.25) is 0 Å². The Labute approximate surface area is 80.7 Å². The Morgan fingerprint density at radius 1 is 1.00 bits per heavy atom. The van der Waals surface area contributed by atoms with Crippen LogP contribution in [0.15, 0.2) is 0 Å². The lowest BCUT2D eigenvalue weighted by Crippen LogP contribution is -2.03. The molecule has 0 aliphatic heterocycles. The largest absolute Gasteiger partial charge is 0.381 e. The summed E-state index contributed by atoms with van der Waals surface area (Å²) in [5.74, 6) is 0. The standard InChI is InChI=1S/C10H22O3/c1-2-3-8-13-9-6-4-5-7-10(11)12/h10-12H,2-9H2,1H3. The zero-order valence-corrected chi connectivity index (χ0v) is 8.54. The van der Waals surface area contributed by atoms with E-state index in [1.807, 2.05) is 0 Å². The van der Waals surface area contributed by atoms with Crippen molar-refractivity contribution < 1.29 is 14.9 Å². The third-order valence-electron chi connectivity index (χ3n) is 1.89. The first kappa shape index (κ1) is 12.9. The van der Waals surface area contributed by atoms with Crippen molar-refractivity contribution in [3.05, 3.63) is 0 Å². The Bertz CT molecular complexity index is 94.2. The van der Waals surface area contributed by atoms with Gasteiger partial charge in [-0.2, -0.15) is 0 Å². The fourth-order valence-corrected chi connectivity index (χ4v) is 1.06. The fourth-order valence-electron chi connectivity index (χ4n) is 1.06. The van der Waals surface area contributed by atoms with Crippen LogP contribution in [0, 0.1) is 0 Å². The first-order chi connectivity index (χ1) is 6.27. The topological polar surface area (TPSA) is 49.7 Å². The molecule has 0 saturated heterocycles. The molecule has 80 valence electrons. The molecule has 0 aliphatic rings. The van der Waals surface area contributed by atoms with Crippen molar-refractivity contribution in [1.82, 2.24) is 0 Å². The maximum atomic E-state index is 8.55. The SMILES string of the molecule is CCCCOCCCCCC(O)O. The van der Waals surface area contributed by atoms with Gasteiger partial charge in [-0.15, -0.1) is 0 Å². The van der Waals surface area contributed by atoms with Crippen LogP contribution in [-0.4, -0.2) is 29.7 Å². The molecule has 0 spiro atoms. The summed E-state index contributed by atoms with van der Waals surface area (Å²) < 4.78 is 5.36. The van der Waals surface area contributed by atoms with E-state index in [4.69, 9.17) is 14.9 Å². The Balaban J connectivity index is 2.84. The minimum atomic E-state index is -1.14. The first-order valence-electron chi connectivity index (χ1n) is 5.21. The summed E-state index contributed by atoms with van der Waals surface area (Å²) in [7, 11) is 0. The highest BCUT2D eigenvalue weighted by molar-refractivity contribution is 4.44. The van der Waals surface area contributed by atoms with Gasteiger partial charge in [0.2, 0.25) is 0 Å². The fraction of sp³-hybridized carbons (Fsp3) is 1.00. The third kappa shape index (κ3) is 11.9. The summed E-state index contributed by atoms with van der Waals surface area (Å²) in [6, 6.07) is 0. The zero-order chi connectivity index (χ0) is 9.94. The summed E-state index contributed by atoms with van der Waals surface area (Å²) in [6.07, 6.45) is 4.57. The monoisotopic (exact) mass is 190 g/mol. The van der Waals surface area contributed by atoms with Crippen molar-refractivity contribution in [2.24, 2.45) is 0 Å².